The fraction of sp³-hybridized carbons (Fsp3) is 0.381. The summed E-state index contributed by atoms with van der Waals surface area (Å²) in [5.74, 6) is 0.361. The summed E-state index contributed by atoms with van der Waals surface area (Å²) in [4.78, 5) is 32.5. The Hall–Kier alpha value is -2.18. The van der Waals surface area contributed by atoms with Crippen molar-refractivity contribution in [2.45, 2.75) is 46.1 Å². The fourth-order valence-corrected chi connectivity index (χ4v) is 5.23. The van der Waals surface area contributed by atoms with Crippen molar-refractivity contribution < 1.29 is 4.79 Å². The van der Waals surface area contributed by atoms with Gasteiger partial charge < -0.3 is 5.32 Å². The first-order valence-electron chi connectivity index (χ1n) is 9.43. The third-order valence-corrected chi connectivity index (χ3v) is 6.89. The highest BCUT2D eigenvalue weighted by Crippen LogP contribution is 2.35. The van der Waals surface area contributed by atoms with E-state index >= 15 is 0 Å². The number of aromatic nitrogens is 2. The SMILES string of the molecule is Cc1ccc(Cl)cc1NC(=O)[C@H](C)n1cnc2sc3c(c2c1=O)CC[C@@H](C)C3. The molecule has 4 rings (SSSR count). The van der Waals surface area contributed by atoms with Crippen molar-refractivity contribution in [1.82, 2.24) is 9.55 Å². The number of hydrogen-bond donors (Lipinski definition) is 1. The van der Waals surface area contributed by atoms with Crippen molar-refractivity contribution in [3.05, 3.63) is 55.9 Å². The molecule has 1 amide bonds. The van der Waals surface area contributed by atoms with Crippen LogP contribution in [0.3, 0.4) is 0 Å². The number of anilines is 1. The number of nitrogens with zero attached hydrogens (tertiary/aromatic N) is 2. The zero-order valence-electron chi connectivity index (χ0n) is 16.1. The van der Waals surface area contributed by atoms with Crippen LogP contribution in [0.4, 0.5) is 5.69 Å². The van der Waals surface area contributed by atoms with Gasteiger partial charge in [0.05, 0.1) is 11.7 Å². The Morgan fingerprint density at radius 2 is 2.21 bits per heavy atom. The second-order valence-corrected chi connectivity index (χ2v) is 9.13. The van der Waals surface area contributed by atoms with Gasteiger partial charge in [0.2, 0.25) is 5.91 Å². The van der Waals surface area contributed by atoms with Crippen LogP contribution in [0.5, 0.6) is 0 Å². The van der Waals surface area contributed by atoms with Crippen molar-refractivity contribution >= 4 is 44.7 Å². The molecule has 0 saturated carbocycles. The van der Waals surface area contributed by atoms with Gasteiger partial charge in [-0.15, -0.1) is 11.3 Å². The summed E-state index contributed by atoms with van der Waals surface area (Å²) in [6.07, 6.45) is 4.47. The number of benzene rings is 1. The Bertz CT molecular complexity index is 1130. The molecular formula is C21H22ClN3O2S. The quantitative estimate of drug-likeness (QED) is 0.671. The second kappa shape index (κ2) is 7.33. The first-order chi connectivity index (χ1) is 13.3. The molecule has 0 unspecified atom stereocenters. The maximum absolute atomic E-state index is 13.2. The van der Waals surface area contributed by atoms with Crippen LogP contribution >= 0.6 is 22.9 Å². The van der Waals surface area contributed by atoms with E-state index in [4.69, 9.17) is 11.6 Å². The normalized spacial score (nSPS) is 17.4. The molecule has 3 aromatic rings. The van der Waals surface area contributed by atoms with E-state index in [9.17, 15) is 9.59 Å². The number of thiophene rings is 1. The van der Waals surface area contributed by atoms with Crippen LogP contribution in [-0.2, 0) is 17.6 Å². The standard InChI is InChI=1S/C21H22ClN3O2S/c1-11-4-7-15-17(8-11)28-20-18(15)21(27)25(10-23-20)13(3)19(26)24-16-9-14(22)6-5-12(16)2/h5-6,9-11,13H,4,7-8H2,1-3H3,(H,24,26)/t11-,13+/m1/s1. The second-order valence-electron chi connectivity index (χ2n) is 7.61. The molecule has 0 radical (unpaired) electrons. The van der Waals surface area contributed by atoms with Crippen LogP contribution in [0.1, 0.15) is 42.3 Å². The van der Waals surface area contributed by atoms with Gasteiger partial charge in [-0.25, -0.2) is 4.98 Å². The molecule has 7 heteroatoms. The van der Waals surface area contributed by atoms with Crippen molar-refractivity contribution in [3.8, 4) is 0 Å². The lowest BCUT2D eigenvalue weighted by molar-refractivity contribution is -0.118. The molecule has 1 aliphatic carbocycles. The van der Waals surface area contributed by atoms with Gasteiger partial charge in [0.15, 0.2) is 0 Å². The number of carbonyl (C=O) groups is 1. The Labute approximate surface area is 172 Å². The molecule has 1 N–H and O–H groups in total. The van der Waals surface area contributed by atoms with Crippen LogP contribution in [0.15, 0.2) is 29.3 Å². The van der Waals surface area contributed by atoms with Crippen molar-refractivity contribution in [2.75, 3.05) is 5.32 Å². The average Bonchev–Trinajstić information content (AvgIpc) is 3.02. The minimum Gasteiger partial charge on any atom is -0.324 e. The molecule has 28 heavy (non-hydrogen) atoms. The van der Waals surface area contributed by atoms with E-state index < -0.39 is 6.04 Å². The summed E-state index contributed by atoms with van der Waals surface area (Å²) in [5, 5.41) is 4.12. The van der Waals surface area contributed by atoms with Gasteiger partial charge in [0.1, 0.15) is 10.9 Å². The summed E-state index contributed by atoms with van der Waals surface area (Å²) >= 11 is 7.65. The van der Waals surface area contributed by atoms with Gasteiger partial charge in [-0.1, -0.05) is 24.6 Å². The molecule has 0 fully saturated rings. The molecule has 146 valence electrons. The number of hydrogen-bond acceptors (Lipinski definition) is 4. The molecule has 1 aromatic carbocycles. The lowest BCUT2D eigenvalue weighted by Gasteiger charge is -2.18. The Kier molecular flexibility index (Phi) is 5.02. The van der Waals surface area contributed by atoms with Crippen LogP contribution in [0.25, 0.3) is 10.2 Å². The van der Waals surface area contributed by atoms with E-state index in [0.29, 0.717) is 22.0 Å². The van der Waals surface area contributed by atoms with Gasteiger partial charge in [-0.05, 0) is 62.3 Å². The number of amides is 1. The minimum atomic E-state index is -0.680. The lowest BCUT2D eigenvalue weighted by Crippen LogP contribution is -2.32. The van der Waals surface area contributed by atoms with Crippen LogP contribution in [0.2, 0.25) is 5.02 Å². The predicted molar refractivity (Wildman–Crippen MR) is 115 cm³/mol. The number of nitrogens with one attached hydrogen (secondary N) is 1. The summed E-state index contributed by atoms with van der Waals surface area (Å²) < 4.78 is 1.43. The maximum atomic E-state index is 13.2. The molecule has 0 aliphatic heterocycles. The topological polar surface area (TPSA) is 64.0 Å². The highest BCUT2D eigenvalue weighted by molar-refractivity contribution is 7.18. The van der Waals surface area contributed by atoms with E-state index in [-0.39, 0.29) is 11.5 Å². The summed E-state index contributed by atoms with van der Waals surface area (Å²) in [6, 6.07) is 4.66. The Balaban J connectivity index is 1.68. The number of halogens is 1. The van der Waals surface area contributed by atoms with E-state index in [2.05, 4.69) is 17.2 Å². The van der Waals surface area contributed by atoms with Gasteiger partial charge in [-0.3, -0.25) is 14.2 Å². The first-order valence-corrected chi connectivity index (χ1v) is 10.6. The molecule has 0 spiro atoms. The number of aryl methyl sites for hydroxylation is 2. The summed E-state index contributed by atoms with van der Waals surface area (Å²) in [6.45, 7) is 5.85. The molecule has 1 aliphatic rings. The van der Waals surface area contributed by atoms with Crippen molar-refractivity contribution in [2.24, 2.45) is 5.92 Å². The summed E-state index contributed by atoms with van der Waals surface area (Å²) in [5.41, 5.74) is 2.55. The van der Waals surface area contributed by atoms with Gasteiger partial charge in [0, 0.05) is 15.6 Å². The van der Waals surface area contributed by atoms with Crippen LogP contribution in [-0.4, -0.2) is 15.5 Å². The van der Waals surface area contributed by atoms with E-state index in [0.717, 1.165) is 35.2 Å². The van der Waals surface area contributed by atoms with Crippen LogP contribution < -0.4 is 10.9 Å². The minimum absolute atomic E-state index is 0.137. The zero-order chi connectivity index (χ0) is 20.0. The molecule has 2 aromatic heterocycles. The van der Waals surface area contributed by atoms with Gasteiger partial charge in [-0.2, -0.15) is 0 Å². The Morgan fingerprint density at radius 3 is 3.00 bits per heavy atom. The monoisotopic (exact) mass is 415 g/mol. The fourth-order valence-electron chi connectivity index (χ4n) is 3.71. The molecule has 2 atom stereocenters. The molecular weight excluding hydrogens is 394 g/mol. The van der Waals surface area contributed by atoms with Gasteiger partial charge >= 0.3 is 0 Å². The molecule has 0 bridgehead atoms. The smallest absolute Gasteiger partial charge is 0.263 e. The lowest BCUT2D eigenvalue weighted by atomic mass is 9.89. The van der Waals surface area contributed by atoms with E-state index in [1.54, 1.807) is 30.4 Å². The third kappa shape index (κ3) is 3.35. The van der Waals surface area contributed by atoms with E-state index in [1.807, 2.05) is 13.0 Å². The third-order valence-electron chi connectivity index (χ3n) is 5.50. The van der Waals surface area contributed by atoms with Crippen molar-refractivity contribution in [1.29, 1.82) is 0 Å². The maximum Gasteiger partial charge on any atom is 0.263 e. The summed E-state index contributed by atoms with van der Waals surface area (Å²) in [7, 11) is 0. The number of fused-ring (bicyclic) bond motifs is 3. The highest BCUT2D eigenvalue weighted by Gasteiger charge is 2.25. The average molecular weight is 416 g/mol. The van der Waals surface area contributed by atoms with E-state index in [1.165, 1.54) is 15.8 Å². The predicted octanol–water partition coefficient (Wildman–Crippen LogP) is 4.74. The molecule has 0 saturated heterocycles. The zero-order valence-corrected chi connectivity index (χ0v) is 17.7. The van der Waals surface area contributed by atoms with Gasteiger partial charge in [0.25, 0.3) is 5.56 Å². The number of rotatable bonds is 3. The van der Waals surface area contributed by atoms with Crippen molar-refractivity contribution in [3.63, 3.8) is 0 Å². The van der Waals surface area contributed by atoms with Crippen LogP contribution in [0, 0.1) is 12.8 Å². The largest absolute Gasteiger partial charge is 0.324 e. The number of carbonyl (C=O) groups excluding carboxylic acids is 1. The highest BCUT2D eigenvalue weighted by atomic mass is 35.5. The Morgan fingerprint density at radius 1 is 1.43 bits per heavy atom. The first kappa shape index (κ1) is 19.2. The molecule has 2 heterocycles. The molecule has 5 nitrogen and oxygen atoms in total.